The SMILES string of the molecule is C#CCNC(=O)CC1c2nc(NC(=O)OCC=C)sc2CC2C(C)(CO)C(O)CCC12C. The Hall–Kier alpha value is -2.41. The smallest absolute Gasteiger partial charge is 0.413 e. The zero-order valence-corrected chi connectivity index (χ0v) is 19.3. The Bertz CT molecular complexity index is 925. The van der Waals surface area contributed by atoms with Gasteiger partial charge in [-0.2, -0.15) is 0 Å². The van der Waals surface area contributed by atoms with Gasteiger partial charge < -0.3 is 20.3 Å². The molecule has 0 saturated heterocycles. The van der Waals surface area contributed by atoms with Gasteiger partial charge in [0.2, 0.25) is 5.91 Å². The van der Waals surface area contributed by atoms with Crippen molar-refractivity contribution in [1.29, 1.82) is 0 Å². The number of carbonyl (C=O) groups is 2. The van der Waals surface area contributed by atoms with E-state index in [4.69, 9.17) is 11.2 Å². The lowest BCUT2D eigenvalue weighted by atomic mass is 9.47. The van der Waals surface area contributed by atoms with Crippen molar-refractivity contribution in [3.8, 4) is 12.3 Å². The van der Waals surface area contributed by atoms with Crippen molar-refractivity contribution in [2.75, 3.05) is 25.1 Å². The minimum Gasteiger partial charge on any atom is -0.445 e. The van der Waals surface area contributed by atoms with Crippen LogP contribution in [0.5, 0.6) is 0 Å². The molecule has 3 rings (SSSR count). The van der Waals surface area contributed by atoms with E-state index >= 15 is 0 Å². The number of hydrogen-bond donors (Lipinski definition) is 4. The quantitative estimate of drug-likeness (QED) is 0.366. The second-order valence-electron chi connectivity index (χ2n) is 9.06. The highest BCUT2D eigenvalue weighted by molar-refractivity contribution is 7.15. The average molecular weight is 462 g/mol. The predicted molar refractivity (Wildman–Crippen MR) is 122 cm³/mol. The molecule has 2 aliphatic rings. The molecule has 1 aromatic heterocycles. The first-order valence-corrected chi connectivity index (χ1v) is 11.5. The molecule has 0 aromatic carbocycles. The molecular weight excluding hydrogens is 430 g/mol. The van der Waals surface area contributed by atoms with E-state index < -0.39 is 17.6 Å². The number of hydrogen-bond acceptors (Lipinski definition) is 7. The molecule has 9 heteroatoms. The summed E-state index contributed by atoms with van der Waals surface area (Å²) in [4.78, 5) is 30.3. The highest BCUT2D eigenvalue weighted by Gasteiger charge is 2.59. The average Bonchev–Trinajstić information content (AvgIpc) is 3.17. The predicted octanol–water partition coefficient (Wildman–Crippen LogP) is 2.43. The van der Waals surface area contributed by atoms with Crippen molar-refractivity contribution in [2.45, 2.75) is 51.6 Å². The lowest BCUT2D eigenvalue weighted by molar-refractivity contribution is -0.144. The van der Waals surface area contributed by atoms with Gasteiger partial charge in [-0.05, 0) is 30.6 Å². The molecule has 0 spiro atoms. The van der Waals surface area contributed by atoms with Crippen LogP contribution in [0.25, 0.3) is 0 Å². The molecule has 5 unspecified atom stereocenters. The molecule has 2 amide bonds. The standard InChI is InChI=1S/C23H31N3O5S/c1-5-9-24-18(29)11-14-19-15(32-20(25-19)26-21(30)31-10-6-2)12-16-22(14,3)8-7-17(28)23(16,4)13-27/h1,6,14,16-17,27-28H,2,7-13H2,3-4H3,(H,24,29)(H,25,26,30). The van der Waals surface area contributed by atoms with E-state index in [2.05, 4.69) is 35.0 Å². The number of anilines is 1. The third-order valence-corrected chi connectivity index (χ3v) is 8.22. The normalized spacial score (nSPS) is 30.9. The molecular formula is C23H31N3O5S. The molecule has 174 valence electrons. The Morgan fingerprint density at radius 3 is 2.88 bits per heavy atom. The van der Waals surface area contributed by atoms with Crippen LogP contribution in [0.4, 0.5) is 9.93 Å². The largest absolute Gasteiger partial charge is 0.445 e. The molecule has 4 N–H and O–H groups in total. The van der Waals surface area contributed by atoms with E-state index in [0.29, 0.717) is 24.4 Å². The summed E-state index contributed by atoms with van der Waals surface area (Å²) >= 11 is 1.34. The lowest BCUT2D eigenvalue weighted by Gasteiger charge is -2.58. The van der Waals surface area contributed by atoms with Gasteiger partial charge in [0.1, 0.15) is 6.61 Å². The number of amides is 2. The van der Waals surface area contributed by atoms with Crippen molar-refractivity contribution in [3.05, 3.63) is 23.2 Å². The minimum absolute atomic E-state index is 0.0669. The van der Waals surface area contributed by atoms with Crippen molar-refractivity contribution >= 4 is 28.5 Å². The zero-order valence-electron chi connectivity index (χ0n) is 18.5. The zero-order chi connectivity index (χ0) is 23.5. The fraction of sp³-hybridized carbons (Fsp3) is 0.609. The van der Waals surface area contributed by atoms with E-state index in [1.54, 1.807) is 0 Å². The minimum atomic E-state index is -0.710. The maximum absolute atomic E-state index is 12.7. The van der Waals surface area contributed by atoms with E-state index in [1.807, 2.05) is 6.92 Å². The molecule has 1 saturated carbocycles. The van der Waals surface area contributed by atoms with Crippen LogP contribution in [-0.2, 0) is 16.0 Å². The van der Waals surface area contributed by atoms with Crippen LogP contribution in [0.3, 0.4) is 0 Å². The highest BCUT2D eigenvalue weighted by atomic mass is 32.1. The first-order valence-electron chi connectivity index (χ1n) is 10.7. The molecule has 1 fully saturated rings. The second kappa shape index (κ2) is 9.61. The Labute approximate surface area is 192 Å². The monoisotopic (exact) mass is 461 g/mol. The molecule has 0 aliphatic heterocycles. The van der Waals surface area contributed by atoms with Gasteiger partial charge >= 0.3 is 6.09 Å². The van der Waals surface area contributed by atoms with Crippen LogP contribution in [0.1, 0.15) is 49.6 Å². The lowest BCUT2D eigenvalue weighted by Crippen LogP contribution is -2.57. The topological polar surface area (TPSA) is 121 Å². The number of nitrogens with zero attached hydrogens (tertiary/aromatic N) is 1. The van der Waals surface area contributed by atoms with Gasteiger partial charge in [-0.15, -0.1) is 17.8 Å². The van der Waals surface area contributed by atoms with E-state index in [0.717, 1.165) is 10.6 Å². The van der Waals surface area contributed by atoms with Gasteiger partial charge in [-0.3, -0.25) is 10.1 Å². The fourth-order valence-electron chi connectivity index (χ4n) is 5.36. The van der Waals surface area contributed by atoms with Crippen LogP contribution in [0.2, 0.25) is 0 Å². The molecule has 1 aromatic rings. The van der Waals surface area contributed by atoms with Crippen LogP contribution < -0.4 is 10.6 Å². The number of thiazole rings is 1. The number of carbonyl (C=O) groups excluding carboxylic acids is 2. The summed E-state index contributed by atoms with van der Waals surface area (Å²) in [7, 11) is 0. The van der Waals surface area contributed by atoms with Gasteiger partial charge in [0, 0.05) is 22.6 Å². The van der Waals surface area contributed by atoms with Crippen molar-refractivity contribution in [2.24, 2.45) is 16.7 Å². The van der Waals surface area contributed by atoms with Gasteiger partial charge in [-0.1, -0.05) is 32.4 Å². The maximum atomic E-state index is 12.7. The summed E-state index contributed by atoms with van der Waals surface area (Å²) in [6.07, 6.45) is 7.51. The number of nitrogens with one attached hydrogen (secondary N) is 2. The van der Waals surface area contributed by atoms with Crippen molar-refractivity contribution < 1.29 is 24.5 Å². The maximum Gasteiger partial charge on any atom is 0.413 e. The second-order valence-corrected chi connectivity index (χ2v) is 10.1. The number of aliphatic hydroxyl groups excluding tert-OH is 2. The molecule has 32 heavy (non-hydrogen) atoms. The first-order chi connectivity index (χ1) is 15.2. The summed E-state index contributed by atoms with van der Waals surface area (Å²) in [5.41, 5.74) is -0.301. The van der Waals surface area contributed by atoms with Gasteiger partial charge in [0.05, 0.1) is 24.9 Å². The van der Waals surface area contributed by atoms with Crippen LogP contribution in [0.15, 0.2) is 12.7 Å². The molecule has 5 atom stereocenters. The third kappa shape index (κ3) is 4.40. The highest BCUT2D eigenvalue weighted by Crippen LogP contribution is 2.62. The molecule has 2 aliphatic carbocycles. The number of rotatable bonds is 7. The Morgan fingerprint density at radius 1 is 1.47 bits per heavy atom. The Morgan fingerprint density at radius 2 is 2.22 bits per heavy atom. The van der Waals surface area contributed by atoms with Crippen LogP contribution in [-0.4, -0.2) is 53.1 Å². The molecule has 0 bridgehead atoms. The summed E-state index contributed by atoms with van der Waals surface area (Å²) in [6, 6.07) is 0. The van der Waals surface area contributed by atoms with E-state index in [-0.39, 0.29) is 49.3 Å². The number of aromatic nitrogens is 1. The summed E-state index contributed by atoms with van der Waals surface area (Å²) in [6.45, 7) is 7.62. The molecule has 8 nitrogen and oxygen atoms in total. The van der Waals surface area contributed by atoms with E-state index in [1.165, 1.54) is 17.4 Å². The van der Waals surface area contributed by atoms with Gasteiger partial charge in [0.15, 0.2) is 5.13 Å². The number of aliphatic hydroxyl groups is 2. The van der Waals surface area contributed by atoms with Crippen molar-refractivity contribution in [1.82, 2.24) is 10.3 Å². The Kier molecular flexibility index (Phi) is 7.28. The summed E-state index contributed by atoms with van der Waals surface area (Å²) < 4.78 is 4.99. The Balaban J connectivity index is 1.99. The third-order valence-electron chi connectivity index (χ3n) is 7.21. The van der Waals surface area contributed by atoms with E-state index in [9.17, 15) is 19.8 Å². The first kappa shape index (κ1) is 24.2. The van der Waals surface area contributed by atoms with Gasteiger partial charge in [-0.25, -0.2) is 9.78 Å². The van der Waals surface area contributed by atoms with Crippen LogP contribution in [0, 0.1) is 29.1 Å². The summed E-state index contributed by atoms with van der Waals surface area (Å²) in [5, 5.41) is 26.8. The van der Waals surface area contributed by atoms with Crippen LogP contribution >= 0.6 is 11.3 Å². The number of ether oxygens (including phenoxy) is 1. The fourth-order valence-corrected chi connectivity index (χ4v) is 6.42. The number of fused-ring (bicyclic) bond motifs is 2. The molecule has 0 radical (unpaired) electrons. The molecule has 1 heterocycles. The number of terminal acetylenes is 1. The summed E-state index contributed by atoms with van der Waals surface area (Å²) in [5.74, 6) is 1.92. The van der Waals surface area contributed by atoms with Crippen molar-refractivity contribution in [3.63, 3.8) is 0 Å². The van der Waals surface area contributed by atoms with Gasteiger partial charge in [0.25, 0.3) is 0 Å².